The minimum Gasteiger partial charge on any atom is -0.429 e. The minimum atomic E-state index is -3.66. The van der Waals surface area contributed by atoms with Gasteiger partial charge in [-0.3, -0.25) is 4.57 Å². The van der Waals surface area contributed by atoms with E-state index in [4.69, 9.17) is 13.8 Å². The molecule has 0 aromatic rings. The summed E-state index contributed by atoms with van der Waals surface area (Å²) < 4.78 is 30.1. The van der Waals surface area contributed by atoms with Crippen LogP contribution in [0.15, 0.2) is 11.8 Å². The third kappa shape index (κ3) is 7.66. The maximum Gasteiger partial charge on any atom is 0.411 e. The van der Waals surface area contributed by atoms with Crippen LogP contribution in [0.1, 0.15) is 62.3 Å². The van der Waals surface area contributed by atoms with Crippen molar-refractivity contribution in [2.75, 3.05) is 13.2 Å². The van der Waals surface area contributed by atoms with Crippen LogP contribution in [0.25, 0.3) is 0 Å². The van der Waals surface area contributed by atoms with Gasteiger partial charge in [-0.15, -0.1) is 0 Å². The van der Waals surface area contributed by atoms with Crippen molar-refractivity contribution in [1.82, 2.24) is 4.90 Å². The van der Waals surface area contributed by atoms with Gasteiger partial charge in [0.15, 0.2) is 0 Å². The molecule has 6 nitrogen and oxygen atoms in total. The Morgan fingerprint density at radius 3 is 1.79 bits per heavy atom. The van der Waals surface area contributed by atoms with Crippen molar-refractivity contribution >= 4 is 21.8 Å². The summed E-state index contributed by atoms with van der Waals surface area (Å²) in [7, 11) is -5.49. The highest BCUT2D eigenvalue weighted by Gasteiger charge is 2.40. The molecule has 0 radical (unpaired) electrons. The van der Waals surface area contributed by atoms with Gasteiger partial charge in [-0.1, -0.05) is 39.6 Å². The number of carbonyl (C=O) groups excluding carboxylic acids is 1. The molecule has 0 unspecified atom stereocenters. The Morgan fingerprint density at radius 1 is 1.04 bits per heavy atom. The second-order valence-corrected chi connectivity index (χ2v) is 16.5. The molecule has 0 N–H and O–H groups in total. The summed E-state index contributed by atoms with van der Waals surface area (Å²) in [5.74, 6) is -1.07. The number of ether oxygens (including phenoxy) is 1. The van der Waals surface area contributed by atoms with Gasteiger partial charge in [0.25, 0.3) is 0 Å². The average Bonchev–Trinajstić information content (AvgIpc) is 2.49. The topological polar surface area (TPSA) is 65.1 Å². The average molecular weight is 436 g/mol. The summed E-state index contributed by atoms with van der Waals surface area (Å²) in [6.45, 7) is 22.6. The number of hydrogen-bond acceptors (Lipinski definition) is 5. The van der Waals surface area contributed by atoms with Gasteiger partial charge in [0.2, 0.25) is 5.85 Å². The predicted molar refractivity (Wildman–Crippen MR) is 120 cm³/mol. The lowest BCUT2D eigenvalue weighted by atomic mass is 10.2. The number of hydrogen-bond donors (Lipinski definition) is 0. The summed E-state index contributed by atoms with van der Waals surface area (Å²) in [6, 6.07) is -0.0906. The highest BCUT2D eigenvalue weighted by molar-refractivity contribution is 7.54. The van der Waals surface area contributed by atoms with Crippen LogP contribution in [0.3, 0.4) is 0 Å². The first kappa shape index (κ1) is 27.4. The second-order valence-electron chi connectivity index (χ2n) is 9.08. The summed E-state index contributed by atoms with van der Waals surface area (Å²) in [5, 5.41) is 0.0984. The molecule has 0 aliphatic carbocycles. The molecule has 0 heterocycles. The van der Waals surface area contributed by atoms with E-state index in [-0.39, 0.29) is 30.3 Å². The van der Waals surface area contributed by atoms with Crippen molar-refractivity contribution in [3.8, 4) is 0 Å². The molecule has 0 saturated carbocycles. The van der Waals surface area contributed by atoms with Gasteiger partial charge in [0.05, 0.1) is 21.3 Å². The SMILES string of the molecule is CCOP(=O)(OCC)[C@@H](/C=C/[Si](C)(C)C(C)(C)C)OC(=O)N(C(C)C)C(C)C. The summed E-state index contributed by atoms with van der Waals surface area (Å²) >= 11 is 0. The first-order valence-corrected chi connectivity index (χ1v) is 14.9. The fourth-order valence-electron chi connectivity index (χ4n) is 2.51. The van der Waals surface area contributed by atoms with E-state index in [1.807, 2.05) is 27.7 Å². The van der Waals surface area contributed by atoms with Crippen LogP contribution in [-0.2, 0) is 18.3 Å². The fraction of sp³-hybridized carbons (Fsp3) is 0.850. The van der Waals surface area contributed by atoms with Crippen molar-refractivity contribution < 1.29 is 23.1 Å². The van der Waals surface area contributed by atoms with E-state index in [9.17, 15) is 9.36 Å². The van der Waals surface area contributed by atoms with Gasteiger partial charge < -0.3 is 18.7 Å². The number of nitrogens with zero attached hydrogens (tertiary/aromatic N) is 1. The van der Waals surface area contributed by atoms with E-state index in [1.54, 1.807) is 24.8 Å². The quantitative estimate of drug-likeness (QED) is 0.292. The van der Waals surface area contributed by atoms with Gasteiger partial charge in [0, 0.05) is 12.1 Å². The van der Waals surface area contributed by atoms with E-state index in [0.717, 1.165) is 0 Å². The Morgan fingerprint density at radius 2 is 1.46 bits per heavy atom. The first-order chi connectivity index (χ1) is 12.6. The molecular weight excluding hydrogens is 393 g/mol. The van der Waals surface area contributed by atoms with E-state index >= 15 is 0 Å². The summed E-state index contributed by atoms with van der Waals surface area (Å²) in [6.07, 6.45) is 1.20. The van der Waals surface area contributed by atoms with E-state index in [0.29, 0.717) is 0 Å². The van der Waals surface area contributed by atoms with Gasteiger partial charge >= 0.3 is 13.7 Å². The summed E-state index contributed by atoms with van der Waals surface area (Å²) in [4.78, 5) is 14.5. The van der Waals surface area contributed by atoms with E-state index in [1.165, 1.54) is 0 Å². The maximum absolute atomic E-state index is 13.4. The van der Waals surface area contributed by atoms with Crippen LogP contribution in [0.4, 0.5) is 4.79 Å². The number of carbonyl (C=O) groups is 1. The van der Waals surface area contributed by atoms with Crippen molar-refractivity contribution in [3.05, 3.63) is 11.8 Å². The molecule has 28 heavy (non-hydrogen) atoms. The molecule has 0 aromatic carbocycles. The molecule has 8 heteroatoms. The lowest BCUT2D eigenvalue weighted by Gasteiger charge is -2.35. The van der Waals surface area contributed by atoms with Gasteiger partial charge in [-0.25, -0.2) is 4.79 Å². The lowest BCUT2D eigenvalue weighted by Crippen LogP contribution is -2.43. The monoisotopic (exact) mass is 435 g/mol. The molecule has 0 fully saturated rings. The molecule has 0 rings (SSSR count). The molecule has 1 amide bonds. The van der Waals surface area contributed by atoms with Crippen LogP contribution >= 0.6 is 7.60 Å². The Labute approximate surface area is 173 Å². The normalized spacial score (nSPS) is 14.8. The number of rotatable bonds is 10. The highest BCUT2D eigenvalue weighted by Crippen LogP contribution is 2.54. The molecule has 0 bridgehead atoms. The van der Waals surface area contributed by atoms with Crippen LogP contribution in [0, 0.1) is 0 Å². The molecular formula is C20H42NO5PSi. The predicted octanol–water partition coefficient (Wildman–Crippen LogP) is 6.44. The van der Waals surface area contributed by atoms with Gasteiger partial charge in [-0.05, 0) is 52.7 Å². The van der Waals surface area contributed by atoms with Crippen molar-refractivity contribution in [2.24, 2.45) is 0 Å². The molecule has 0 aliphatic rings. The fourth-order valence-corrected chi connectivity index (χ4v) is 5.43. The molecule has 0 saturated heterocycles. The highest BCUT2D eigenvalue weighted by atomic mass is 31.2. The minimum absolute atomic E-state index is 0.0453. The first-order valence-electron chi connectivity index (χ1n) is 10.2. The molecule has 0 spiro atoms. The summed E-state index contributed by atoms with van der Waals surface area (Å²) in [5.41, 5.74) is 2.07. The Balaban J connectivity index is 6.00. The third-order valence-electron chi connectivity index (χ3n) is 5.09. The van der Waals surface area contributed by atoms with Gasteiger partial charge in [0.1, 0.15) is 0 Å². The van der Waals surface area contributed by atoms with Crippen LogP contribution in [-0.4, -0.2) is 50.2 Å². The van der Waals surface area contributed by atoms with Crippen LogP contribution in [0.5, 0.6) is 0 Å². The van der Waals surface area contributed by atoms with E-state index < -0.39 is 27.6 Å². The lowest BCUT2D eigenvalue weighted by molar-refractivity contribution is 0.0665. The number of amides is 1. The van der Waals surface area contributed by atoms with Crippen LogP contribution < -0.4 is 0 Å². The van der Waals surface area contributed by atoms with Crippen molar-refractivity contribution in [2.45, 2.75) is 98.4 Å². The second kappa shape index (κ2) is 11.0. The Bertz CT molecular complexity index is 551. The largest absolute Gasteiger partial charge is 0.429 e. The zero-order valence-corrected chi connectivity index (χ0v) is 21.6. The molecule has 0 aliphatic heterocycles. The zero-order chi connectivity index (χ0) is 22.3. The van der Waals surface area contributed by atoms with Crippen LogP contribution in [0.2, 0.25) is 18.1 Å². The molecule has 1 atom stereocenters. The Kier molecular flexibility index (Phi) is 10.7. The standard InChI is InChI=1S/C20H42NO5PSi/c1-12-24-27(23,25-13-2)18(14-15-28(10,11)20(7,8)9)26-19(22)21(16(3)4)17(5)6/h14-18H,12-13H2,1-11H3/b15-14+/t18-/m0/s1. The van der Waals surface area contributed by atoms with E-state index in [2.05, 4.69) is 39.6 Å². The van der Waals surface area contributed by atoms with Crippen molar-refractivity contribution in [1.29, 1.82) is 0 Å². The van der Waals surface area contributed by atoms with Crippen molar-refractivity contribution in [3.63, 3.8) is 0 Å². The van der Waals surface area contributed by atoms with Gasteiger partial charge in [-0.2, -0.15) is 0 Å². The third-order valence-corrected chi connectivity index (χ3v) is 12.1. The smallest absolute Gasteiger partial charge is 0.411 e. The maximum atomic E-state index is 13.4. The Hall–Kier alpha value is -0.623. The zero-order valence-electron chi connectivity index (χ0n) is 19.7. The molecule has 0 aromatic heterocycles. The molecule has 166 valence electrons.